The fourth-order valence-electron chi connectivity index (χ4n) is 3.70. The van der Waals surface area contributed by atoms with Crippen molar-refractivity contribution in [2.24, 2.45) is 0 Å². The molecule has 4 heteroatoms. The molecule has 0 spiro atoms. The van der Waals surface area contributed by atoms with Crippen LogP contribution in [0.25, 0.3) is 0 Å². The molecule has 0 aliphatic carbocycles. The van der Waals surface area contributed by atoms with Crippen LogP contribution in [-0.4, -0.2) is 18.4 Å². The van der Waals surface area contributed by atoms with Crippen LogP contribution in [0, 0.1) is 13.8 Å². The van der Waals surface area contributed by atoms with Gasteiger partial charge in [0.15, 0.2) is 0 Å². The molecular formula is C24H22N2O2. The summed E-state index contributed by atoms with van der Waals surface area (Å²) in [4.78, 5) is 27.6. The summed E-state index contributed by atoms with van der Waals surface area (Å²) in [6.45, 7) is 4.60. The molecule has 140 valence electrons. The third kappa shape index (κ3) is 3.29. The molecule has 3 aromatic rings. The molecule has 3 aromatic carbocycles. The molecule has 0 saturated carbocycles. The predicted octanol–water partition coefficient (Wildman–Crippen LogP) is 4.76. The molecule has 4 nitrogen and oxygen atoms in total. The van der Waals surface area contributed by atoms with E-state index in [2.05, 4.69) is 11.4 Å². The molecule has 1 aliphatic rings. The van der Waals surface area contributed by atoms with Crippen LogP contribution in [0.4, 0.5) is 11.4 Å². The molecule has 1 aliphatic heterocycles. The highest BCUT2D eigenvalue weighted by Crippen LogP contribution is 2.29. The molecule has 0 radical (unpaired) electrons. The molecule has 0 saturated heterocycles. The van der Waals surface area contributed by atoms with E-state index in [1.165, 1.54) is 5.56 Å². The van der Waals surface area contributed by atoms with Crippen LogP contribution in [0.15, 0.2) is 66.7 Å². The molecule has 0 bridgehead atoms. The van der Waals surface area contributed by atoms with Crippen LogP contribution in [0.5, 0.6) is 0 Å². The van der Waals surface area contributed by atoms with Gasteiger partial charge in [0.2, 0.25) is 0 Å². The minimum Gasteiger partial charge on any atom is -0.322 e. The van der Waals surface area contributed by atoms with Crippen LogP contribution in [-0.2, 0) is 6.42 Å². The molecule has 0 unspecified atom stereocenters. The van der Waals surface area contributed by atoms with Gasteiger partial charge >= 0.3 is 0 Å². The second-order valence-corrected chi connectivity index (χ2v) is 7.14. The van der Waals surface area contributed by atoms with E-state index in [1.54, 1.807) is 29.2 Å². The Labute approximate surface area is 164 Å². The van der Waals surface area contributed by atoms with Gasteiger partial charge in [0.1, 0.15) is 0 Å². The van der Waals surface area contributed by atoms with Gasteiger partial charge in [0.25, 0.3) is 11.8 Å². The number of rotatable bonds is 3. The topological polar surface area (TPSA) is 49.4 Å². The van der Waals surface area contributed by atoms with Gasteiger partial charge in [0, 0.05) is 29.0 Å². The van der Waals surface area contributed by atoms with E-state index in [0.29, 0.717) is 17.7 Å². The van der Waals surface area contributed by atoms with Crippen molar-refractivity contribution in [3.8, 4) is 0 Å². The Balaban J connectivity index is 1.58. The number of benzene rings is 3. The van der Waals surface area contributed by atoms with E-state index in [4.69, 9.17) is 0 Å². The van der Waals surface area contributed by atoms with Crippen LogP contribution >= 0.6 is 0 Å². The summed E-state index contributed by atoms with van der Waals surface area (Å²) in [6, 6.07) is 20.8. The van der Waals surface area contributed by atoms with Gasteiger partial charge in [0.05, 0.1) is 0 Å². The summed E-state index contributed by atoms with van der Waals surface area (Å²) in [7, 11) is 0. The van der Waals surface area contributed by atoms with Crippen molar-refractivity contribution in [1.29, 1.82) is 0 Å². The minimum atomic E-state index is -0.214. The first-order chi connectivity index (χ1) is 13.5. The summed E-state index contributed by atoms with van der Waals surface area (Å²) in [5.41, 5.74) is 5.96. The van der Waals surface area contributed by atoms with Gasteiger partial charge in [-0.05, 0) is 61.2 Å². The highest BCUT2D eigenvalue weighted by molar-refractivity contribution is 6.10. The number of nitrogens with one attached hydrogen (secondary N) is 1. The molecule has 2 amide bonds. The van der Waals surface area contributed by atoms with Gasteiger partial charge in [-0.2, -0.15) is 0 Å². The highest BCUT2D eigenvalue weighted by atomic mass is 16.2. The first-order valence-corrected chi connectivity index (χ1v) is 9.42. The van der Waals surface area contributed by atoms with E-state index in [0.717, 1.165) is 28.9 Å². The molecule has 1 N–H and O–H groups in total. The molecule has 0 aromatic heterocycles. The predicted molar refractivity (Wildman–Crippen MR) is 112 cm³/mol. The number of carbonyl (C=O) groups excluding carboxylic acids is 2. The maximum absolute atomic E-state index is 13.0. The van der Waals surface area contributed by atoms with Crippen molar-refractivity contribution >= 4 is 23.2 Å². The zero-order valence-electron chi connectivity index (χ0n) is 16.0. The van der Waals surface area contributed by atoms with Crippen LogP contribution in [0.3, 0.4) is 0 Å². The summed E-state index contributed by atoms with van der Waals surface area (Å²) >= 11 is 0. The fourth-order valence-corrected chi connectivity index (χ4v) is 3.70. The van der Waals surface area contributed by atoms with Gasteiger partial charge in [-0.15, -0.1) is 0 Å². The Hall–Kier alpha value is -3.40. The zero-order chi connectivity index (χ0) is 19.7. The lowest BCUT2D eigenvalue weighted by Gasteiger charge is -2.18. The standard InChI is InChI=1S/C24H22N2O2/c1-16-7-5-8-17(2)22(16)25-23(27)19-10-6-11-20(15-19)24(28)26-14-13-18-9-3-4-12-21(18)26/h3-12,15H,13-14H2,1-2H3,(H,25,27). The number of para-hydroxylation sites is 2. The second kappa shape index (κ2) is 7.31. The smallest absolute Gasteiger partial charge is 0.258 e. The fraction of sp³-hybridized carbons (Fsp3) is 0.167. The van der Waals surface area contributed by atoms with Gasteiger partial charge in [-0.3, -0.25) is 9.59 Å². The average molecular weight is 370 g/mol. The number of hydrogen-bond donors (Lipinski definition) is 1. The lowest BCUT2D eigenvalue weighted by Crippen LogP contribution is -2.29. The van der Waals surface area contributed by atoms with Gasteiger partial charge in [-0.25, -0.2) is 0 Å². The normalized spacial score (nSPS) is 12.6. The van der Waals surface area contributed by atoms with Gasteiger partial charge < -0.3 is 10.2 Å². The molecule has 1 heterocycles. The number of anilines is 2. The van der Waals surface area contributed by atoms with Crippen molar-refractivity contribution < 1.29 is 9.59 Å². The summed E-state index contributed by atoms with van der Waals surface area (Å²) < 4.78 is 0. The third-order valence-electron chi connectivity index (χ3n) is 5.22. The Morgan fingerprint density at radius 1 is 0.857 bits per heavy atom. The van der Waals surface area contributed by atoms with Crippen molar-refractivity contribution in [2.45, 2.75) is 20.3 Å². The quantitative estimate of drug-likeness (QED) is 0.723. The Bertz CT molecular complexity index is 1050. The first-order valence-electron chi connectivity index (χ1n) is 9.42. The Morgan fingerprint density at radius 3 is 2.32 bits per heavy atom. The summed E-state index contributed by atoms with van der Waals surface area (Å²) in [5.74, 6) is -0.291. The molecule has 4 rings (SSSR count). The van der Waals surface area contributed by atoms with Crippen molar-refractivity contribution in [3.05, 3.63) is 94.5 Å². The minimum absolute atomic E-state index is 0.0772. The Morgan fingerprint density at radius 2 is 1.54 bits per heavy atom. The number of aryl methyl sites for hydroxylation is 2. The van der Waals surface area contributed by atoms with E-state index in [1.807, 2.05) is 50.2 Å². The SMILES string of the molecule is Cc1cccc(C)c1NC(=O)c1cccc(C(=O)N2CCc3ccccc32)c1. The Kier molecular flexibility index (Phi) is 4.70. The van der Waals surface area contributed by atoms with Crippen molar-refractivity contribution in [3.63, 3.8) is 0 Å². The van der Waals surface area contributed by atoms with E-state index >= 15 is 0 Å². The zero-order valence-corrected chi connectivity index (χ0v) is 16.0. The second-order valence-electron chi connectivity index (χ2n) is 7.14. The number of amides is 2. The molecule has 28 heavy (non-hydrogen) atoms. The number of hydrogen-bond acceptors (Lipinski definition) is 2. The third-order valence-corrected chi connectivity index (χ3v) is 5.22. The van der Waals surface area contributed by atoms with E-state index < -0.39 is 0 Å². The summed E-state index contributed by atoms with van der Waals surface area (Å²) in [6.07, 6.45) is 0.856. The average Bonchev–Trinajstić information content (AvgIpc) is 3.14. The number of nitrogens with zero attached hydrogens (tertiary/aromatic N) is 1. The maximum Gasteiger partial charge on any atom is 0.258 e. The van der Waals surface area contributed by atoms with E-state index in [9.17, 15) is 9.59 Å². The van der Waals surface area contributed by atoms with Crippen LogP contribution in [0.1, 0.15) is 37.4 Å². The van der Waals surface area contributed by atoms with E-state index in [-0.39, 0.29) is 11.8 Å². The van der Waals surface area contributed by atoms with Crippen molar-refractivity contribution in [2.75, 3.05) is 16.8 Å². The molecular weight excluding hydrogens is 348 g/mol. The van der Waals surface area contributed by atoms with Gasteiger partial charge in [-0.1, -0.05) is 42.5 Å². The maximum atomic E-state index is 13.0. The number of carbonyl (C=O) groups is 2. The first kappa shape index (κ1) is 18.0. The lowest BCUT2D eigenvalue weighted by molar-refractivity contribution is 0.0989. The molecule has 0 atom stereocenters. The largest absolute Gasteiger partial charge is 0.322 e. The van der Waals surface area contributed by atoms with Crippen LogP contribution < -0.4 is 10.2 Å². The summed E-state index contributed by atoms with van der Waals surface area (Å²) in [5, 5.41) is 2.98. The number of fused-ring (bicyclic) bond motifs is 1. The molecule has 0 fully saturated rings. The lowest BCUT2D eigenvalue weighted by atomic mass is 10.1. The highest BCUT2D eigenvalue weighted by Gasteiger charge is 2.25. The van der Waals surface area contributed by atoms with Crippen molar-refractivity contribution in [1.82, 2.24) is 0 Å². The van der Waals surface area contributed by atoms with Crippen LogP contribution in [0.2, 0.25) is 0 Å². The monoisotopic (exact) mass is 370 g/mol.